The maximum atomic E-state index is 13.3. The Bertz CT molecular complexity index is 1030. The highest BCUT2D eigenvalue weighted by atomic mass is 32.2. The van der Waals surface area contributed by atoms with Crippen molar-refractivity contribution in [3.63, 3.8) is 0 Å². The molecule has 1 saturated heterocycles. The standard InChI is InChI=1S/C24H29N3O4S3/c1-30-11-12-31-20-6-5-19-21-17(20)3-2-4-18(21)22(28)27(23(19)29)8-7-25-24(32)26-9-13-33-15-16-34-14-10-26/h2-6H,7-16H2,1H3,(H,25,32). The van der Waals surface area contributed by atoms with Gasteiger partial charge in [0, 0.05) is 78.2 Å². The first-order chi connectivity index (χ1) is 16.6. The fourth-order valence-electron chi connectivity index (χ4n) is 4.06. The lowest BCUT2D eigenvalue weighted by molar-refractivity contribution is 0.0613. The van der Waals surface area contributed by atoms with Gasteiger partial charge in [0.1, 0.15) is 12.4 Å². The molecule has 0 spiro atoms. The molecule has 0 saturated carbocycles. The highest BCUT2D eigenvalue weighted by Crippen LogP contribution is 2.35. The number of carbonyl (C=O) groups excluding carboxylic acids is 2. The van der Waals surface area contributed by atoms with Gasteiger partial charge in [-0.1, -0.05) is 12.1 Å². The Labute approximate surface area is 213 Å². The van der Waals surface area contributed by atoms with Crippen LogP contribution < -0.4 is 10.1 Å². The number of nitrogens with zero attached hydrogens (tertiary/aromatic N) is 2. The molecule has 7 nitrogen and oxygen atoms in total. The monoisotopic (exact) mass is 519 g/mol. The van der Waals surface area contributed by atoms with Crippen molar-refractivity contribution in [3.05, 3.63) is 41.5 Å². The Balaban J connectivity index is 1.44. The van der Waals surface area contributed by atoms with E-state index in [1.807, 2.05) is 35.7 Å². The number of hydrogen-bond acceptors (Lipinski definition) is 7. The van der Waals surface area contributed by atoms with Crippen molar-refractivity contribution in [2.45, 2.75) is 0 Å². The van der Waals surface area contributed by atoms with Crippen LogP contribution in [0, 0.1) is 0 Å². The van der Waals surface area contributed by atoms with E-state index in [2.05, 4.69) is 10.2 Å². The van der Waals surface area contributed by atoms with Crippen molar-refractivity contribution in [1.29, 1.82) is 0 Å². The van der Waals surface area contributed by atoms with Crippen LogP contribution in [0.25, 0.3) is 10.8 Å². The number of hydrogen-bond donors (Lipinski definition) is 1. The zero-order valence-electron chi connectivity index (χ0n) is 19.2. The second kappa shape index (κ2) is 12.1. The van der Waals surface area contributed by atoms with E-state index in [4.69, 9.17) is 21.7 Å². The van der Waals surface area contributed by atoms with E-state index >= 15 is 0 Å². The van der Waals surface area contributed by atoms with E-state index in [-0.39, 0.29) is 18.4 Å². The van der Waals surface area contributed by atoms with Gasteiger partial charge >= 0.3 is 0 Å². The molecule has 1 N–H and O–H groups in total. The van der Waals surface area contributed by atoms with E-state index in [9.17, 15) is 9.59 Å². The molecular formula is C24H29N3O4S3. The first-order valence-electron chi connectivity index (χ1n) is 11.3. The first-order valence-corrected chi connectivity index (χ1v) is 14.1. The molecule has 0 radical (unpaired) electrons. The summed E-state index contributed by atoms with van der Waals surface area (Å²) in [6, 6.07) is 9.00. The van der Waals surface area contributed by atoms with E-state index in [0.29, 0.717) is 47.1 Å². The number of ether oxygens (including phenoxy) is 2. The van der Waals surface area contributed by atoms with Gasteiger partial charge < -0.3 is 19.7 Å². The molecule has 182 valence electrons. The zero-order valence-corrected chi connectivity index (χ0v) is 21.7. The minimum Gasteiger partial charge on any atom is -0.491 e. The van der Waals surface area contributed by atoms with Gasteiger partial charge in [-0.05, 0) is 30.4 Å². The normalized spacial score (nSPS) is 16.7. The van der Waals surface area contributed by atoms with E-state index in [0.717, 1.165) is 30.0 Å². The molecule has 0 bridgehead atoms. The van der Waals surface area contributed by atoms with Crippen molar-refractivity contribution in [2.24, 2.45) is 0 Å². The van der Waals surface area contributed by atoms with Crippen LogP contribution in [0.2, 0.25) is 0 Å². The van der Waals surface area contributed by atoms with Crippen molar-refractivity contribution >= 4 is 63.4 Å². The summed E-state index contributed by atoms with van der Waals surface area (Å²) >= 11 is 9.50. The molecule has 2 aromatic carbocycles. The molecule has 10 heteroatoms. The summed E-state index contributed by atoms with van der Waals surface area (Å²) in [5, 5.41) is 5.35. The number of rotatable bonds is 7. The summed E-state index contributed by atoms with van der Waals surface area (Å²) in [7, 11) is 1.61. The molecule has 0 atom stereocenters. The molecule has 2 aliphatic rings. The van der Waals surface area contributed by atoms with E-state index in [1.165, 1.54) is 16.4 Å². The van der Waals surface area contributed by atoms with Crippen LogP contribution in [-0.2, 0) is 4.74 Å². The molecule has 0 unspecified atom stereocenters. The molecule has 2 amide bonds. The van der Waals surface area contributed by atoms with Crippen LogP contribution in [0.5, 0.6) is 5.75 Å². The average Bonchev–Trinajstić information content (AvgIpc) is 2.99. The molecule has 2 aromatic rings. The lowest BCUT2D eigenvalue weighted by atomic mass is 9.93. The maximum absolute atomic E-state index is 13.3. The number of thioether (sulfide) groups is 2. The third kappa shape index (κ3) is 5.62. The van der Waals surface area contributed by atoms with Gasteiger partial charge in [-0.3, -0.25) is 14.5 Å². The second-order valence-corrected chi connectivity index (χ2v) is 10.7. The fraction of sp³-hybridized carbons (Fsp3) is 0.458. The van der Waals surface area contributed by atoms with Crippen molar-refractivity contribution < 1.29 is 19.1 Å². The second-order valence-electron chi connectivity index (χ2n) is 7.89. The minimum atomic E-state index is -0.291. The lowest BCUT2D eigenvalue weighted by Gasteiger charge is -2.29. The first kappa shape index (κ1) is 25.1. The van der Waals surface area contributed by atoms with Crippen LogP contribution in [0.3, 0.4) is 0 Å². The lowest BCUT2D eigenvalue weighted by Crippen LogP contribution is -2.47. The molecule has 34 heavy (non-hydrogen) atoms. The topological polar surface area (TPSA) is 71.1 Å². The number of nitrogens with one attached hydrogen (secondary N) is 1. The number of amides is 2. The Morgan fingerprint density at radius 2 is 1.71 bits per heavy atom. The van der Waals surface area contributed by atoms with Gasteiger partial charge in [-0.2, -0.15) is 23.5 Å². The summed E-state index contributed by atoms with van der Waals surface area (Å²) in [6.45, 7) is 3.32. The predicted molar refractivity (Wildman–Crippen MR) is 144 cm³/mol. The molecule has 4 rings (SSSR count). The van der Waals surface area contributed by atoms with Crippen LogP contribution in [-0.4, -0.2) is 96.2 Å². The highest BCUT2D eigenvalue weighted by molar-refractivity contribution is 8.02. The smallest absolute Gasteiger partial charge is 0.261 e. The SMILES string of the molecule is COCCOc1ccc2c3c(cccc13)C(=O)N(CCNC(=S)N1CCSCCSCC1)C2=O. The Hall–Kier alpha value is -2.01. The fourth-order valence-corrected chi connectivity index (χ4v) is 6.39. The van der Waals surface area contributed by atoms with Crippen LogP contribution in [0.4, 0.5) is 0 Å². The third-order valence-corrected chi connectivity index (χ3v) is 8.37. The number of thiocarbonyl (C=S) groups is 1. The molecule has 1 fully saturated rings. The number of carbonyl (C=O) groups is 2. The molecule has 2 heterocycles. The van der Waals surface area contributed by atoms with E-state index < -0.39 is 0 Å². The van der Waals surface area contributed by atoms with Crippen LogP contribution >= 0.6 is 35.7 Å². The minimum absolute atomic E-state index is 0.247. The number of methoxy groups -OCH3 is 1. The summed E-state index contributed by atoms with van der Waals surface area (Å²) < 4.78 is 10.9. The summed E-state index contributed by atoms with van der Waals surface area (Å²) in [5.74, 6) is 4.49. The average molecular weight is 520 g/mol. The van der Waals surface area contributed by atoms with Gasteiger partial charge in [0.2, 0.25) is 0 Å². The summed E-state index contributed by atoms with van der Waals surface area (Å²) in [6.07, 6.45) is 0. The van der Waals surface area contributed by atoms with Crippen LogP contribution in [0.15, 0.2) is 30.3 Å². The largest absolute Gasteiger partial charge is 0.491 e. The van der Waals surface area contributed by atoms with Gasteiger partial charge in [-0.25, -0.2) is 0 Å². The molecule has 2 aliphatic heterocycles. The van der Waals surface area contributed by atoms with E-state index in [1.54, 1.807) is 25.3 Å². The molecular weight excluding hydrogens is 490 g/mol. The molecule has 0 aliphatic carbocycles. The zero-order chi connectivity index (χ0) is 23.9. The third-order valence-electron chi connectivity index (χ3n) is 5.78. The number of imide groups is 1. The quantitative estimate of drug-likeness (QED) is 0.338. The van der Waals surface area contributed by atoms with Gasteiger partial charge in [0.15, 0.2) is 5.11 Å². The Morgan fingerprint density at radius 1 is 1.00 bits per heavy atom. The van der Waals surface area contributed by atoms with Crippen molar-refractivity contribution in [1.82, 2.24) is 15.1 Å². The highest BCUT2D eigenvalue weighted by Gasteiger charge is 2.33. The predicted octanol–water partition coefficient (Wildman–Crippen LogP) is 3.12. The van der Waals surface area contributed by atoms with Crippen molar-refractivity contribution in [2.75, 3.05) is 69.5 Å². The van der Waals surface area contributed by atoms with Gasteiger partial charge in [0.05, 0.1) is 6.61 Å². The summed E-state index contributed by atoms with van der Waals surface area (Å²) in [5.41, 5.74) is 1.03. The van der Waals surface area contributed by atoms with Crippen molar-refractivity contribution in [3.8, 4) is 5.75 Å². The van der Waals surface area contributed by atoms with Gasteiger partial charge in [-0.15, -0.1) is 0 Å². The van der Waals surface area contributed by atoms with Gasteiger partial charge in [0.25, 0.3) is 11.8 Å². The van der Waals surface area contributed by atoms with Crippen LogP contribution in [0.1, 0.15) is 20.7 Å². The summed E-state index contributed by atoms with van der Waals surface area (Å²) in [4.78, 5) is 30.0. The maximum Gasteiger partial charge on any atom is 0.261 e. The number of benzene rings is 2. The Morgan fingerprint density at radius 3 is 2.41 bits per heavy atom. The Kier molecular flexibility index (Phi) is 8.93. The molecule has 0 aromatic heterocycles.